The fourth-order valence-electron chi connectivity index (χ4n) is 2.00. The van der Waals surface area contributed by atoms with Gasteiger partial charge in [-0.05, 0) is 32.6 Å². The SMILES string of the molecule is CC(NC(=O)C1CCC(C(=O)O)CC1)C(N)=O. The molecule has 6 nitrogen and oxygen atoms in total. The monoisotopic (exact) mass is 242 g/mol. The Hall–Kier alpha value is -1.59. The fraction of sp³-hybridized carbons (Fsp3) is 0.727. The molecule has 0 aromatic heterocycles. The molecule has 4 N–H and O–H groups in total. The van der Waals surface area contributed by atoms with Crippen molar-refractivity contribution in [2.24, 2.45) is 17.6 Å². The van der Waals surface area contributed by atoms with E-state index in [1.807, 2.05) is 0 Å². The number of amides is 2. The second-order valence-electron chi connectivity index (χ2n) is 4.52. The summed E-state index contributed by atoms with van der Waals surface area (Å²) in [4.78, 5) is 33.2. The van der Waals surface area contributed by atoms with Crippen molar-refractivity contribution in [3.8, 4) is 0 Å². The molecule has 0 heterocycles. The van der Waals surface area contributed by atoms with E-state index in [4.69, 9.17) is 10.8 Å². The molecule has 0 spiro atoms. The number of carboxylic acids is 1. The van der Waals surface area contributed by atoms with Gasteiger partial charge in [0.25, 0.3) is 0 Å². The van der Waals surface area contributed by atoms with Crippen LogP contribution in [0, 0.1) is 11.8 Å². The third-order valence-electron chi connectivity index (χ3n) is 3.23. The average Bonchev–Trinajstić information content (AvgIpc) is 2.28. The van der Waals surface area contributed by atoms with Crippen molar-refractivity contribution in [3.63, 3.8) is 0 Å². The zero-order chi connectivity index (χ0) is 13.0. The highest BCUT2D eigenvalue weighted by Gasteiger charge is 2.30. The van der Waals surface area contributed by atoms with E-state index >= 15 is 0 Å². The maximum Gasteiger partial charge on any atom is 0.306 e. The first-order valence-electron chi connectivity index (χ1n) is 5.74. The topological polar surface area (TPSA) is 109 Å². The number of rotatable bonds is 4. The van der Waals surface area contributed by atoms with Crippen molar-refractivity contribution in [1.82, 2.24) is 5.32 Å². The molecule has 0 aliphatic heterocycles. The van der Waals surface area contributed by atoms with Gasteiger partial charge in [0.1, 0.15) is 6.04 Å². The fourth-order valence-corrected chi connectivity index (χ4v) is 2.00. The van der Waals surface area contributed by atoms with Gasteiger partial charge in [-0.15, -0.1) is 0 Å². The molecule has 0 saturated heterocycles. The third-order valence-corrected chi connectivity index (χ3v) is 3.23. The van der Waals surface area contributed by atoms with Gasteiger partial charge < -0.3 is 16.2 Å². The lowest BCUT2D eigenvalue weighted by atomic mass is 9.81. The number of primary amides is 1. The molecule has 1 saturated carbocycles. The van der Waals surface area contributed by atoms with Gasteiger partial charge in [-0.3, -0.25) is 14.4 Å². The van der Waals surface area contributed by atoms with Crippen molar-refractivity contribution < 1.29 is 19.5 Å². The van der Waals surface area contributed by atoms with Gasteiger partial charge in [-0.1, -0.05) is 0 Å². The highest BCUT2D eigenvalue weighted by atomic mass is 16.4. The van der Waals surface area contributed by atoms with Crippen LogP contribution in [-0.2, 0) is 14.4 Å². The molecule has 96 valence electrons. The van der Waals surface area contributed by atoms with E-state index in [2.05, 4.69) is 5.32 Å². The maximum atomic E-state index is 11.7. The van der Waals surface area contributed by atoms with Gasteiger partial charge in [0, 0.05) is 5.92 Å². The second-order valence-corrected chi connectivity index (χ2v) is 4.52. The van der Waals surface area contributed by atoms with Crippen molar-refractivity contribution in [1.29, 1.82) is 0 Å². The van der Waals surface area contributed by atoms with Gasteiger partial charge in [0.15, 0.2) is 0 Å². The summed E-state index contributed by atoms with van der Waals surface area (Å²) in [6.07, 6.45) is 2.12. The van der Waals surface area contributed by atoms with Crippen LogP contribution in [0.4, 0.5) is 0 Å². The van der Waals surface area contributed by atoms with E-state index in [0.717, 1.165) is 0 Å². The first-order chi connectivity index (χ1) is 7.91. The van der Waals surface area contributed by atoms with Crippen LogP contribution in [0.25, 0.3) is 0 Å². The number of hydrogen-bond acceptors (Lipinski definition) is 3. The van der Waals surface area contributed by atoms with E-state index in [1.165, 1.54) is 6.92 Å². The van der Waals surface area contributed by atoms with Crippen LogP contribution < -0.4 is 11.1 Å². The van der Waals surface area contributed by atoms with Crippen LogP contribution in [0.2, 0.25) is 0 Å². The smallest absolute Gasteiger partial charge is 0.306 e. The molecule has 6 heteroatoms. The zero-order valence-electron chi connectivity index (χ0n) is 9.81. The minimum atomic E-state index is -0.797. The summed E-state index contributed by atoms with van der Waals surface area (Å²) in [7, 11) is 0. The minimum absolute atomic E-state index is 0.201. The molecule has 0 bridgehead atoms. The Bertz CT molecular complexity index is 321. The van der Waals surface area contributed by atoms with Crippen molar-refractivity contribution in [3.05, 3.63) is 0 Å². The van der Waals surface area contributed by atoms with Gasteiger partial charge in [-0.2, -0.15) is 0 Å². The molecule has 1 fully saturated rings. The summed E-state index contributed by atoms with van der Waals surface area (Å²) in [5.41, 5.74) is 5.04. The van der Waals surface area contributed by atoms with Crippen molar-refractivity contribution in [2.75, 3.05) is 0 Å². The average molecular weight is 242 g/mol. The molecular weight excluding hydrogens is 224 g/mol. The first-order valence-corrected chi connectivity index (χ1v) is 5.74. The molecular formula is C11H18N2O4. The molecule has 17 heavy (non-hydrogen) atoms. The molecule has 1 aliphatic carbocycles. The van der Waals surface area contributed by atoms with Crippen LogP contribution in [0.15, 0.2) is 0 Å². The molecule has 1 unspecified atom stereocenters. The summed E-state index contributed by atoms with van der Waals surface area (Å²) in [6, 6.07) is -0.681. The largest absolute Gasteiger partial charge is 0.481 e. The van der Waals surface area contributed by atoms with E-state index in [9.17, 15) is 14.4 Å². The number of hydrogen-bond donors (Lipinski definition) is 3. The van der Waals surface area contributed by atoms with Gasteiger partial charge in [-0.25, -0.2) is 0 Å². The molecule has 1 rings (SSSR count). The molecule has 1 aliphatic rings. The summed E-state index contributed by atoms with van der Waals surface area (Å²) in [5, 5.41) is 11.4. The van der Waals surface area contributed by atoms with Crippen LogP contribution in [-0.4, -0.2) is 28.9 Å². The number of carbonyl (C=O) groups excluding carboxylic acids is 2. The molecule has 0 aromatic rings. The molecule has 0 aromatic carbocycles. The number of aliphatic carboxylic acids is 1. The zero-order valence-corrected chi connectivity index (χ0v) is 9.81. The summed E-state index contributed by atoms with van der Waals surface area (Å²) < 4.78 is 0. The van der Waals surface area contributed by atoms with Crippen LogP contribution in [0.3, 0.4) is 0 Å². The molecule has 2 amide bonds. The van der Waals surface area contributed by atoms with Crippen molar-refractivity contribution >= 4 is 17.8 Å². The van der Waals surface area contributed by atoms with Gasteiger partial charge in [0.05, 0.1) is 5.92 Å². The maximum absolute atomic E-state index is 11.7. The predicted octanol–water partition coefficient (Wildman–Crippen LogP) is -0.133. The summed E-state index contributed by atoms with van der Waals surface area (Å²) in [6.45, 7) is 1.53. The van der Waals surface area contributed by atoms with Gasteiger partial charge >= 0.3 is 5.97 Å². The predicted molar refractivity (Wildman–Crippen MR) is 59.9 cm³/mol. The summed E-state index contributed by atoms with van der Waals surface area (Å²) in [5.74, 6) is -2.12. The third kappa shape index (κ3) is 3.72. The van der Waals surface area contributed by atoms with E-state index in [0.29, 0.717) is 25.7 Å². The normalized spacial score (nSPS) is 25.9. The van der Waals surface area contributed by atoms with E-state index in [-0.39, 0.29) is 17.7 Å². The Morgan fingerprint density at radius 1 is 1.18 bits per heavy atom. The highest BCUT2D eigenvalue weighted by Crippen LogP contribution is 2.29. The Labute approximate surface area is 99.6 Å². The lowest BCUT2D eigenvalue weighted by molar-refractivity contribution is -0.144. The lowest BCUT2D eigenvalue weighted by Crippen LogP contribution is -2.45. The van der Waals surface area contributed by atoms with Crippen LogP contribution in [0.1, 0.15) is 32.6 Å². The summed E-state index contributed by atoms with van der Waals surface area (Å²) >= 11 is 0. The number of carboxylic acid groups (broad SMARTS) is 1. The Balaban J connectivity index is 2.41. The molecule has 0 radical (unpaired) electrons. The quantitative estimate of drug-likeness (QED) is 0.637. The van der Waals surface area contributed by atoms with E-state index < -0.39 is 17.9 Å². The minimum Gasteiger partial charge on any atom is -0.481 e. The standard InChI is InChI=1S/C11H18N2O4/c1-6(9(12)14)13-10(15)7-2-4-8(5-3-7)11(16)17/h6-8H,2-5H2,1H3,(H2,12,14)(H,13,15)(H,16,17). The van der Waals surface area contributed by atoms with Gasteiger partial charge in [0.2, 0.25) is 11.8 Å². The Morgan fingerprint density at radius 3 is 2.06 bits per heavy atom. The number of carbonyl (C=O) groups is 3. The number of nitrogens with one attached hydrogen (secondary N) is 1. The Kier molecular flexibility index (Phi) is 4.48. The van der Waals surface area contributed by atoms with Crippen molar-refractivity contribution in [2.45, 2.75) is 38.6 Å². The van der Waals surface area contributed by atoms with Crippen LogP contribution >= 0.6 is 0 Å². The number of nitrogens with two attached hydrogens (primary N) is 1. The first kappa shape index (κ1) is 13.5. The van der Waals surface area contributed by atoms with Crippen LogP contribution in [0.5, 0.6) is 0 Å². The molecule has 1 atom stereocenters. The highest BCUT2D eigenvalue weighted by molar-refractivity contribution is 5.87. The Morgan fingerprint density at radius 2 is 1.65 bits per heavy atom. The van der Waals surface area contributed by atoms with E-state index in [1.54, 1.807) is 0 Å². The second kappa shape index (κ2) is 5.65. The lowest BCUT2D eigenvalue weighted by Gasteiger charge is -2.26.